The summed E-state index contributed by atoms with van der Waals surface area (Å²) in [6.45, 7) is 6.55. The summed E-state index contributed by atoms with van der Waals surface area (Å²) in [7, 11) is 0. The summed E-state index contributed by atoms with van der Waals surface area (Å²) in [6.07, 6.45) is 0. The molecule has 1 aromatic carbocycles. The SMILES string of the molecule is CC(C)(C)[C@H]1CNC(=O)[C@@H]1C(=O)Nc1ccccc1C#N. The van der Waals surface area contributed by atoms with Crippen LogP contribution in [0.25, 0.3) is 0 Å². The molecule has 2 rings (SSSR count). The Balaban J connectivity index is 2.23. The first-order valence-electron chi connectivity index (χ1n) is 6.92. The molecular weight excluding hydrogens is 266 g/mol. The Morgan fingerprint density at radius 2 is 2.05 bits per heavy atom. The quantitative estimate of drug-likeness (QED) is 0.814. The van der Waals surface area contributed by atoms with E-state index in [4.69, 9.17) is 5.26 Å². The molecule has 0 aromatic heterocycles. The molecule has 0 spiro atoms. The number of nitriles is 1. The third-order valence-corrected chi connectivity index (χ3v) is 3.88. The number of amides is 2. The summed E-state index contributed by atoms with van der Waals surface area (Å²) in [6, 6.07) is 8.79. The summed E-state index contributed by atoms with van der Waals surface area (Å²) in [5.74, 6) is -1.40. The van der Waals surface area contributed by atoms with Crippen LogP contribution in [-0.4, -0.2) is 18.4 Å². The van der Waals surface area contributed by atoms with Gasteiger partial charge in [0.25, 0.3) is 0 Å². The van der Waals surface area contributed by atoms with E-state index in [1.54, 1.807) is 24.3 Å². The number of nitrogens with one attached hydrogen (secondary N) is 2. The van der Waals surface area contributed by atoms with Crippen LogP contribution in [0.3, 0.4) is 0 Å². The van der Waals surface area contributed by atoms with Crippen LogP contribution < -0.4 is 10.6 Å². The van der Waals surface area contributed by atoms with Crippen molar-refractivity contribution in [2.45, 2.75) is 20.8 Å². The molecule has 1 aliphatic heterocycles. The molecule has 5 heteroatoms. The highest BCUT2D eigenvalue weighted by Gasteiger charge is 2.45. The summed E-state index contributed by atoms with van der Waals surface area (Å²) in [5, 5.41) is 14.5. The average molecular weight is 285 g/mol. The van der Waals surface area contributed by atoms with E-state index in [0.29, 0.717) is 17.8 Å². The third kappa shape index (κ3) is 3.05. The number of anilines is 1. The number of benzene rings is 1. The largest absolute Gasteiger partial charge is 0.355 e. The van der Waals surface area contributed by atoms with Crippen molar-refractivity contribution in [1.29, 1.82) is 5.26 Å². The van der Waals surface area contributed by atoms with E-state index in [1.807, 2.05) is 26.8 Å². The van der Waals surface area contributed by atoms with E-state index in [0.717, 1.165) is 0 Å². The zero-order valence-electron chi connectivity index (χ0n) is 12.4. The maximum absolute atomic E-state index is 12.5. The average Bonchev–Trinajstić information content (AvgIpc) is 2.81. The summed E-state index contributed by atoms with van der Waals surface area (Å²) in [4.78, 5) is 24.4. The van der Waals surface area contributed by atoms with Gasteiger partial charge in [-0.2, -0.15) is 5.26 Å². The van der Waals surface area contributed by atoms with E-state index in [-0.39, 0.29) is 23.1 Å². The fourth-order valence-electron chi connectivity index (χ4n) is 2.63. The van der Waals surface area contributed by atoms with Gasteiger partial charge in [0.1, 0.15) is 12.0 Å². The number of carbonyl (C=O) groups excluding carboxylic acids is 2. The van der Waals surface area contributed by atoms with Crippen LogP contribution in [0.5, 0.6) is 0 Å². The smallest absolute Gasteiger partial charge is 0.237 e. The molecule has 21 heavy (non-hydrogen) atoms. The van der Waals surface area contributed by atoms with Gasteiger partial charge in [-0.1, -0.05) is 32.9 Å². The lowest BCUT2D eigenvalue weighted by Gasteiger charge is -2.29. The van der Waals surface area contributed by atoms with Crippen LogP contribution in [0.1, 0.15) is 26.3 Å². The maximum Gasteiger partial charge on any atom is 0.237 e. The van der Waals surface area contributed by atoms with Crippen molar-refractivity contribution < 1.29 is 9.59 Å². The molecule has 1 aromatic rings. The van der Waals surface area contributed by atoms with Crippen LogP contribution in [0.4, 0.5) is 5.69 Å². The van der Waals surface area contributed by atoms with Crippen molar-refractivity contribution in [1.82, 2.24) is 5.32 Å². The molecule has 1 fully saturated rings. The Kier molecular flexibility index (Phi) is 3.99. The molecule has 1 aliphatic rings. The Morgan fingerprint density at radius 1 is 1.38 bits per heavy atom. The van der Waals surface area contributed by atoms with Crippen molar-refractivity contribution in [2.24, 2.45) is 17.3 Å². The number of carbonyl (C=O) groups is 2. The van der Waals surface area contributed by atoms with Crippen molar-refractivity contribution in [3.63, 3.8) is 0 Å². The highest BCUT2D eigenvalue weighted by Crippen LogP contribution is 2.35. The van der Waals surface area contributed by atoms with Gasteiger partial charge in [0.2, 0.25) is 11.8 Å². The molecular formula is C16H19N3O2. The summed E-state index contributed by atoms with van der Waals surface area (Å²) >= 11 is 0. The molecule has 2 amide bonds. The van der Waals surface area contributed by atoms with Crippen molar-refractivity contribution in [3.05, 3.63) is 29.8 Å². The van der Waals surface area contributed by atoms with Crippen LogP contribution in [0.2, 0.25) is 0 Å². The lowest BCUT2D eigenvalue weighted by Crippen LogP contribution is -2.37. The van der Waals surface area contributed by atoms with E-state index in [2.05, 4.69) is 10.6 Å². The second-order valence-corrected chi connectivity index (χ2v) is 6.34. The third-order valence-electron chi connectivity index (χ3n) is 3.88. The monoisotopic (exact) mass is 285 g/mol. The molecule has 0 aliphatic carbocycles. The Morgan fingerprint density at radius 3 is 2.67 bits per heavy atom. The first-order valence-corrected chi connectivity index (χ1v) is 6.92. The minimum atomic E-state index is -0.725. The van der Waals surface area contributed by atoms with Gasteiger partial charge in [0, 0.05) is 12.5 Å². The number of nitrogens with zero attached hydrogens (tertiary/aromatic N) is 1. The van der Waals surface area contributed by atoms with E-state index < -0.39 is 5.92 Å². The van der Waals surface area contributed by atoms with Crippen molar-refractivity contribution in [3.8, 4) is 6.07 Å². The molecule has 110 valence electrons. The van der Waals surface area contributed by atoms with E-state index in [9.17, 15) is 9.59 Å². The van der Waals surface area contributed by atoms with Gasteiger partial charge in [-0.25, -0.2) is 0 Å². The molecule has 0 unspecified atom stereocenters. The maximum atomic E-state index is 12.5. The Bertz CT molecular complexity index is 611. The Labute approximate surface area is 124 Å². The number of hydrogen-bond donors (Lipinski definition) is 2. The van der Waals surface area contributed by atoms with Crippen LogP contribution >= 0.6 is 0 Å². The predicted molar refractivity (Wildman–Crippen MR) is 79.2 cm³/mol. The molecule has 1 heterocycles. The standard InChI is InChI=1S/C16H19N3O2/c1-16(2,3)11-9-18-14(20)13(11)15(21)19-12-7-5-4-6-10(12)8-17/h4-7,11,13H,9H2,1-3H3,(H,18,20)(H,19,21)/t11-,13+/m0/s1. The van der Waals surface area contributed by atoms with Crippen LogP contribution in [0, 0.1) is 28.6 Å². The summed E-state index contributed by atoms with van der Waals surface area (Å²) < 4.78 is 0. The Hall–Kier alpha value is -2.35. The normalized spacial score (nSPS) is 21.5. The van der Waals surface area contributed by atoms with E-state index in [1.165, 1.54) is 0 Å². The topological polar surface area (TPSA) is 82.0 Å². The minimum absolute atomic E-state index is 0.0701. The highest BCUT2D eigenvalue weighted by molar-refractivity contribution is 6.08. The predicted octanol–water partition coefficient (Wildman–Crippen LogP) is 1.91. The second-order valence-electron chi connectivity index (χ2n) is 6.34. The van der Waals surface area contributed by atoms with E-state index >= 15 is 0 Å². The molecule has 2 atom stereocenters. The van der Waals surface area contributed by atoms with Crippen LogP contribution in [-0.2, 0) is 9.59 Å². The van der Waals surface area contributed by atoms with Gasteiger partial charge < -0.3 is 10.6 Å². The zero-order chi connectivity index (χ0) is 15.6. The first-order chi connectivity index (χ1) is 9.84. The summed E-state index contributed by atoms with van der Waals surface area (Å²) in [5.41, 5.74) is 0.671. The zero-order valence-corrected chi connectivity index (χ0v) is 12.4. The van der Waals surface area contributed by atoms with Crippen molar-refractivity contribution >= 4 is 17.5 Å². The van der Waals surface area contributed by atoms with Gasteiger partial charge in [0.05, 0.1) is 11.3 Å². The van der Waals surface area contributed by atoms with Crippen molar-refractivity contribution in [2.75, 3.05) is 11.9 Å². The molecule has 5 nitrogen and oxygen atoms in total. The highest BCUT2D eigenvalue weighted by atomic mass is 16.2. The molecule has 0 saturated carbocycles. The molecule has 0 radical (unpaired) electrons. The van der Waals surface area contributed by atoms with Gasteiger partial charge in [0.15, 0.2) is 0 Å². The number of hydrogen-bond acceptors (Lipinski definition) is 3. The second kappa shape index (κ2) is 5.57. The minimum Gasteiger partial charge on any atom is -0.355 e. The van der Waals surface area contributed by atoms with Crippen LogP contribution in [0.15, 0.2) is 24.3 Å². The molecule has 1 saturated heterocycles. The fourth-order valence-corrected chi connectivity index (χ4v) is 2.63. The lowest BCUT2D eigenvalue weighted by molar-refractivity contribution is -0.132. The molecule has 2 N–H and O–H groups in total. The first kappa shape index (κ1) is 15.0. The van der Waals surface area contributed by atoms with Gasteiger partial charge in [-0.3, -0.25) is 9.59 Å². The molecule has 0 bridgehead atoms. The van der Waals surface area contributed by atoms with Gasteiger partial charge in [-0.15, -0.1) is 0 Å². The van der Waals surface area contributed by atoms with Gasteiger partial charge in [-0.05, 0) is 17.5 Å². The lowest BCUT2D eigenvalue weighted by atomic mass is 9.74. The number of para-hydroxylation sites is 1. The van der Waals surface area contributed by atoms with Gasteiger partial charge >= 0.3 is 0 Å². The number of rotatable bonds is 2. The fraction of sp³-hybridized carbons (Fsp3) is 0.438.